The molecule has 1 unspecified atom stereocenters. The van der Waals surface area contributed by atoms with Crippen LogP contribution in [0.2, 0.25) is 0 Å². The zero-order valence-corrected chi connectivity index (χ0v) is 12.6. The quantitative estimate of drug-likeness (QED) is 0.898. The van der Waals surface area contributed by atoms with Crippen LogP contribution in [0.4, 0.5) is 0 Å². The molecule has 1 saturated heterocycles. The normalized spacial score (nSPS) is 19.9. The van der Waals surface area contributed by atoms with E-state index in [0.717, 1.165) is 32.8 Å². The summed E-state index contributed by atoms with van der Waals surface area (Å²) in [5.41, 5.74) is 5.57. The van der Waals surface area contributed by atoms with Gasteiger partial charge in [0, 0.05) is 26.2 Å². The summed E-state index contributed by atoms with van der Waals surface area (Å²) in [5.74, 6) is 0. The van der Waals surface area contributed by atoms with Gasteiger partial charge in [0.15, 0.2) is 0 Å². The van der Waals surface area contributed by atoms with Crippen molar-refractivity contribution >= 4 is 0 Å². The summed E-state index contributed by atoms with van der Waals surface area (Å²) in [6, 6.07) is 4.61. The summed E-state index contributed by atoms with van der Waals surface area (Å²) in [6.07, 6.45) is 0.325. The van der Waals surface area contributed by atoms with Crippen LogP contribution in [0.1, 0.15) is 22.3 Å². The minimum absolute atomic E-state index is 0.325. The van der Waals surface area contributed by atoms with Gasteiger partial charge in [-0.15, -0.1) is 0 Å². The topological polar surface area (TPSA) is 24.5 Å². The Hall–Kier alpha value is -0.900. The van der Waals surface area contributed by atoms with Crippen LogP contribution in [0.15, 0.2) is 12.1 Å². The van der Waals surface area contributed by atoms with Gasteiger partial charge >= 0.3 is 0 Å². The third-order valence-electron chi connectivity index (χ3n) is 3.91. The molecule has 1 fully saturated rings. The molecule has 1 heterocycles. The predicted molar refractivity (Wildman–Crippen MR) is 79.6 cm³/mol. The van der Waals surface area contributed by atoms with Gasteiger partial charge in [0.05, 0.1) is 12.7 Å². The molecule has 1 aliphatic rings. The van der Waals surface area contributed by atoms with Crippen LogP contribution in [-0.4, -0.2) is 44.3 Å². The van der Waals surface area contributed by atoms with E-state index >= 15 is 0 Å². The third-order valence-corrected chi connectivity index (χ3v) is 3.91. The van der Waals surface area contributed by atoms with Crippen molar-refractivity contribution in [3.05, 3.63) is 34.4 Å². The summed E-state index contributed by atoms with van der Waals surface area (Å²) in [5, 5.41) is 3.38. The zero-order valence-electron chi connectivity index (χ0n) is 12.6. The SMILES string of the molecule is Cc1cc(C)c(CN(C)CC2CNCCO2)cc1C. The zero-order chi connectivity index (χ0) is 13.8. The molecule has 3 heteroatoms. The van der Waals surface area contributed by atoms with Crippen LogP contribution in [-0.2, 0) is 11.3 Å². The van der Waals surface area contributed by atoms with Gasteiger partial charge in [-0.05, 0) is 50.1 Å². The molecule has 1 aromatic rings. The Morgan fingerprint density at radius 2 is 1.95 bits per heavy atom. The molecular formula is C16H26N2O. The highest BCUT2D eigenvalue weighted by molar-refractivity contribution is 5.36. The Morgan fingerprint density at radius 1 is 1.21 bits per heavy atom. The van der Waals surface area contributed by atoms with Gasteiger partial charge in [-0.1, -0.05) is 12.1 Å². The molecule has 0 saturated carbocycles. The predicted octanol–water partition coefficient (Wildman–Crippen LogP) is 2.03. The summed E-state index contributed by atoms with van der Waals surface area (Å²) < 4.78 is 5.76. The summed E-state index contributed by atoms with van der Waals surface area (Å²) in [6.45, 7) is 11.3. The number of rotatable bonds is 4. The number of benzene rings is 1. The van der Waals surface area contributed by atoms with E-state index in [2.05, 4.69) is 50.2 Å². The molecule has 0 aliphatic carbocycles. The lowest BCUT2D eigenvalue weighted by Crippen LogP contribution is -2.44. The number of likely N-dealkylation sites (N-methyl/N-ethyl adjacent to an activating group) is 1. The summed E-state index contributed by atoms with van der Waals surface area (Å²) in [4.78, 5) is 2.36. The van der Waals surface area contributed by atoms with Gasteiger partial charge in [-0.3, -0.25) is 4.90 Å². The van der Waals surface area contributed by atoms with E-state index < -0.39 is 0 Å². The number of aryl methyl sites for hydroxylation is 3. The molecule has 0 spiro atoms. The second-order valence-corrected chi connectivity index (χ2v) is 5.76. The van der Waals surface area contributed by atoms with Crippen LogP contribution >= 0.6 is 0 Å². The lowest BCUT2D eigenvalue weighted by molar-refractivity contribution is 0.00882. The Kier molecular flexibility index (Phi) is 4.97. The average molecular weight is 262 g/mol. The lowest BCUT2D eigenvalue weighted by atomic mass is 10.0. The molecule has 2 rings (SSSR count). The minimum atomic E-state index is 0.325. The largest absolute Gasteiger partial charge is 0.374 e. The van der Waals surface area contributed by atoms with E-state index in [1.807, 2.05) is 0 Å². The molecule has 1 aliphatic heterocycles. The average Bonchev–Trinajstić information content (AvgIpc) is 2.37. The molecule has 1 aromatic carbocycles. The molecule has 0 amide bonds. The smallest absolute Gasteiger partial charge is 0.0826 e. The number of nitrogens with zero attached hydrogens (tertiary/aromatic N) is 1. The van der Waals surface area contributed by atoms with Gasteiger partial charge in [0.25, 0.3) is 0 Å². The first kappa shape index (κ1) is 14.5. The molecule has 0 aromatic heterocycles. The van der Waals surface area contributed by atoms with E-state index in [0.29, 0.717) is 6.10 Å². The Bertz CT molecular complexity index is 425. The standard InChI is InChI=1S/C16H26N2O/c1-12-7-14(3)15(8-13(12)2)10-18(4)11-16-9-17-5-6-19-16/h7-8,16-17H,5-6,9-11H2,1-4H3. The summed E-state index contributed by atoms with van der Waals surface area (Å²) in [7, 11) is 2.17. The lowest BCUT2D eigenvalue weighted by Gasteiger charge is -2.28. The van der Waals surface area contributed by atoms with Gasteiger partial charge in [0.1, 0.15) is 0 Å². The fourth-order valence-corrected chi connectivity index (χ4v) is 2.63. The first-order valence-electron chi connectivity index (χ1n) is 7.14. The molecule has 1 atom stereocenters. The first-order chi connectivity index (χ1) is 9.06. The molecule has 0 radical (unpaired) electrons. The molecule has 106 valence electrons. The molecule has 1 N–H and O–H groups in total. The van der Waals surface area contributed by atoms with Gasteiger partial charge in [-0.2, -0.15) is 0 Å². The van der Waals surface area contributed by atoms with Crippen LogP contribution < -0.4 is 5.32 Å². The maximum absolute atomic E-state index is 5.76. The van der Waals surface area contributed by atoms with Crippen molar-refractivity contribution in [1.82, 2.24) is 10.2 Å². The van der Waals surface area contributed by atoms with Crippen molar-refractivity contribution in [3.63, 3.8) is 0 Å². The fourth-order valence-electron chi connectivity index (χ4n) is 2.63. The minimum Gasteiger partial charge on any atom is -0.374 e. The highest BCUT2D eigenvalue weighted by atomic mass is 16.5. The van der Waals surface area contributed by atoms with E-state index in [9.17, 15) is 0 Å². The second kappa shape index (κ2) is 6.51. The first-order valence-corrected chi connectivity index (χ1v) is 7.14. The Balaban J connectivity index is 1.94. The van der Waals surface area contributed by atoms with Crippen molar-refractivity contribution in [2.24, 2.45) is 0 Å². The van der Waals surface area contributed by atoms with Gasteiger partial charge in [0.2, 0.25) is 0 Å². The van der Waals surface area contributed by atoms with E-state index in [1.54, 1.807) is 0 Å². The van der Waals surface area contributed by atoms with E-state index in [1.165, 1.54) is 22.3 Å². The summed E-state index contributed by atoms with van der Waals surface area (Å²) >= 11 is 0. The fraction of sp³-hybridized carbons (Fsp3) is 0.625. The van der Waals surface area contributed by atoms with Crippen molar-refractivity contribution < 1.29 is 4.74 Å². The highest BCUT2D eigenvalue weighted by Gasteiger charge is 2.16. The Labute approximate surface area is 116 Å². The molecule has 3 nitrogen and oxygen atoms in total. The maximum Gasteiger partial charge on any atom is 0.0826 e. The van der Waals surface area contributed by atoms with Crippen molar-refractivity contribution in [1.29, 1.82) is 0 Å². The van der Waals surface area contributed by atoms with Crippen LogP contribution in [0, 0.1) is 20.8 Å². The molecule has 0 bridgehead atoms. The number of morpholine rings is 1. The third kappa shape index (κ3) is 4.03. The number of hydrogen-bond acceptors (Lipinski definition) is 3. The monoisotopic (exact) mass is 262 g/mol. The van der Waals surface area contributed by atoms with E-state index in [4.69, 9.17) is 4.74 Å². The van der Waals surface area contributed by atoms with Gasteiger partial charge < -0.3 is 10.1 Å². The maximum atomic E-state index is 5.76. The number of hydrogen-bond donors (Lipinski definition) is 1. The van der Waals surface area contributed by atoms with Gasteiger partial charge in [-0.25, -0.2) is 0 Å². The van der Waals surface area contributed by atoms with Crippen molar-refractivity contribution in [2.45, 2.75) is 33.4 Å². The second-order valence-electron chi connectivity index (χ2n) is 5.76. The van der Waals surface area contributed by atoms with Crippen molar-refractivity contribution in [3.8, 4) is 0 Å². The Morgan fingerprint density at radius 3 is 2.63 bits per heavy atom. The molecular weight excluding hydrogens is 236 g/mol. The van der Waals surface area contributed by atoms with Crippen LogP contribution in [0.25, 0.3) is 0 Å². The van der Waals surface area contributed by atoms with Crippen molar-refractivity contribution in [2.75, 3.05) is 33.3 Å². The van der Waals surface area contributed by atoms with E-state index in [-0.39, 0.29) is 0 Å². The number of nitrogens with one attached hydrogen (secondary N) is 1. The highest BCUT2D eigenvalue weighted by Crippen LogP contribution is 2.17. The van der Waals surface area contributed by atoms with Crippen LogP contribution in [0.5, 0.6) is 0 Å². The number of ether oxygens (including phenoxy) is 1. The molecule has 19 heavy (non-hydrogen) atoms. The van der Waals surface area contributed by atoms with Crippen LogP contribution in [0.3, 0.4) is 0 Å².